The van der Waals surface area contributed by atoms with Gasteiger partial charge in [0.05, 0.1) is 11.6 Å². The summed E-state index contributed by atoms with van der Waals surface area (Å²) in [4.78, 5) is 5.47. The number of benzene rings is 1. The van der Waals surface area contributed by atoms with Crippen LogP contribution in [0.4, 0.5) is 0 Å². The third-order valence-electron chi connectivity index (χ3n) is 2.97. The molecule has 1 aromatic carbocycles. The molecule has 1 aromatic heterocycles. The molecule has 0 amide bonds. The van der Waals surface area contributed by atoms with E-state index in [2.05, 4.69) is 48.4 Å². The molecule has 2 nitrogen and oxygen atoms in total. The maximum atomic E-state index is 4.19. The van der Waals surface area contributed by atoms with E-state index >= 15 is 0 Å². The van der Waals surface area contributed by atoms with Gasteiger partial charge in [0.25, 0.3) is 0 Å². The molecular formula is C15H20N2S. The number of hydrogen-bond donors (Lipinski definition) is 1. The maximum Gasteiger partial charge on any atom is 0.0794 e. The lowest BCUT2D eigenvalue weighted by Crippen LogP contribution is -2.21. The van der Waals surface area contributed by atoms with Crippen molar-refractivity contribution in [3.63, 3.8) is 0 Å². The molecule has 1 unspecified atom stereocenters. The van der Waals surface area contributed by atoms with E-state index in [1.165, 1.54) is 22.4 Å². The van der Waals surface area contributed by atoms with Crippen LogP contribution in [0.1, 0.15) is 42.3 Å². The second-order valence-electron chi connectivity index (χ2n) is 4.39. The maximum absolute atomic E-state index is 4.19. The molecule has 2 rings (SSSR count). The molecule has 0 saturated heterocycles. The lowest BCUT2D eigenvalue weighted by Gasteiger charge is -2.17. The van der Waals surface area contributed by atoms with Crippen molar-refractivity contribution in [2.24, 2.45) is 0 Å². The van der Waals surface area contributed by atoms with Crippen molar-refractivity contribution >= 4 is 11.3 Å². The molecule has 3 heteroatoms. The number of thiazole rings is 1. The summed E-state index contributed by atoms with van der Waals surface area (Å²) in [5.41, 5.74) is 4.66. The number of aromatic nitrogens is 1. The van der Waals surface area contributed by atoms with Gasteiger partial charge >= 0.3 is 0 Å². The van der Waals surface area contributed by atoms with Gasteiger partial charge in [-0.15, -0.1) is 11.3 Å². The smallest absolute Gasteiger partial charge is 0.0794 e. The summed E-state index contributed by atoms with van der Waals surface area (Å²) < 4.78 is 0. The molecule has 0 radical (unpaired) electrons. The molecule has 96 valence electrons. The van der Waals surface area contributed by atoms with E-state index in [0.717, 1.165) is 13.0 Å². The van der Waals surface area contributed by atoms with Crippen LogP contribution >= 0.6 is 11.3 Å². The highest BCUT2D eigenvalue weighted by molar-refractivity contribution is 7.09. The van der Waals surface area contributed by atoms with E-state index < -0.39 is 0 Å². The van der Waals surface area contributed by atoms with Gasteiger partial charge in [0.2, 0.25) is 0 Å². The van der Waals surface area contributed by atoms with Gasteiger partial charge in [-0.3, -0.25) is 4.98 Å². The summed E-state index contributed by atoms with van der Waals surface area (Å²) in [6.45, 7) is 5.32. The first-order valence-corrected chi connectivity index (χ1v) is 7.43. The number of hydrogen-bond acceptors (Lipinski definition) is 3. The molecule has 2 aromatic rings. The summed E-state index contributed by atoms with van der Waals surface area (Å²) in [7, 11) is 0. The van der Waals surface area contributed by atoms with Crippen molar-refractivity contribution in [3.05, 3.63) is 52.0 Å². The summed E-state index contributed by atoms with van der Waals surface area (Å²) in [6.07, 6.45) is 4.30. The highest BCUT2D eigenvalue weighted by atomic mass is 32.1. The molecule has 1 heterocycles. The molecule has 0 saturated carbocycles. The van der Waals surface area contributed by atoms with Gasteiger partial charge < -0.3 is 5.32 Å². The largest absolute Gasteiger partial charge is 0.306 e. The molecular weight excluding hydrogens is 240 g/mol. The minimum absolute atomic E-state index is 0.277. The molecule has 0 aliphatic heterocycles. The fourth-order valence-corrected chi connectivity index (χ4v) is 2.89. The zero-order valence-corrected chi connectivity index (χ0v) is 11.8. The van der Waals surface area contributed by atoms with Crippen molar-refractivity contribution in [1.29, 1.82) is 0 Å². The molecule has 18 heavy (non-hydrogen) atoms. The Morgan fingerprint density at radius 3 is 2.89 bits per heavy atom. The highest BCUT2D eigenvalue weighted by Crippen LogP contribution is 2.25. The van der Waals surface area contributed by atoms with Gasteiger partial charge in [-0.1, -0.05) is 44.5 Å². The highest BCUT2D eigenvalue weighted by Gasteiger charge is 2.14. The fourth-order valence-electron chi connectivity index (χ4n) is 2.17. The SMILES string of the molecule is CCCc1cccc(C(NCC)c2cncs2)c1. The van der Waals surface area contributed by atoms with E-state index in [0.29, 0.717) is 0 Å². The Labute approximate surface area is 113 Å². The van der Waals surface area contributed by atoms with E-state index in [-0.39, 0.29) is 6.04 Å². The van der Waals surface area contributed by atoms with E-state index in [4.69, 9.17) is 0 Å². The van der Waals surface area contributed by atoms with Crippen LogP contribution in [0.25, 0.3) is 0 Å². The minimum Gasteiger partial charge on any atom is -0.306 e. The first kappa shape index (κ1) is 13.2. The third kappa shape index (κ3) is 3.18. The first-order valence-electron chi connectivity index (χ1n) is 6.55. The topological polar surface area (TPSA) is 24.9 Å². The Morgan fingerprint density at radius 1 is 1.33 bits per heavy atom. The molecule has 0 aliphatic carbocycles. The van der Waals surface area contributed by atoms with Crippen LogP contribution in [0, 0.1) is 0 Å². The fraction of sp³-hybridized carbons (Fsp3) is 0.400. The zero-order valence-electron chi connectivity index (χ0n) is 11.0. The van der Waals surface area contributed by atoms with E-state index in [1.54, 1.807) is 11.3 Å². The molecule has 0 spiro atoms. The lowest BCUT2D eigenvalue weighted by molar-refractivity contribution is 0.637. The Bertz CT molecular complexity index is 465. The van der Waals surface area contributed by atoms with Crippen molar-refractivity contribution in [1.82, 2.24) is 10.3 Å². The van der Waals surface area contributed by atoms with Gasteiger partial charge in [0.15, 0.2) is 0 Å². The van der Waals surface area contributed by atoms with Crippen LogP contribution in [0.5, 0.6) is 0 Å². The van der Waals surface area contributed by atoms with E-state index in [1.807, 2.05) is 11.7 Å². The predicted octanol–water partition coefficient (Wildman–Crippen LogP) is 3.79. The standard InChI is InChI=1S/C15H20N2S/c1-3-6-12-7-5-8-13(9-12)15(17-4-2)14-10-16-11-18-14/h5,7-11,15,17H,3-4,6H2,1-2H3. The van der Waals surface area contributed by atoms with Crippen molar-refractivity contribution in [2.75, 3.05) is 6.54 Å². The van der Waals surface area contributed by atoms with E-state index in [9.17, 15) is 0 Å². The van der Waals surface area contributed by atoms with Gasteiger partial charge in [-0.2, -0.15) is 0 Å². The Morgan fingerprint density at radius 2 is 2.22 bits per heavy atom. The van der Waals surface area contributed by atoms with Crippen LogP contribution in [-0.2, 0) is 6.42 Å². The van der Waals surface area contributed by atoms with Crippen LogP contribution in [-0.4, -0.2) is 11.5 Å². The molecule has 1 atom stereocenters. The van der Waals surface area contributed by atoms with Crippen molar-refractivity contribution in [3.8, 4) is 0 Å². The predicted molar refractivity (Wildman–Crippen MR) is 78.1 cm³/mol. The second kappa shape index (κ2) is 6.66. The van der Waals surface area contributed by atoms with Crippen LogP contribution in [0.2, 0.25) is 0 Å². The van der Waals surface area contributed by atoms with Gasteiger partial charge in [-0.25, -0.2) is 0 Å². The van der Waals surface area contributed by atoms with Crippen LogP contribution in [0.15, 0.2) is 36.0 Å². The molecule has 1 N–H and O–H groups in total. The normalized spacial score (nSPS) is 12.6. The number of rotatable bonds is 6. The average Bonchev–Trinajstić information content (AvgIpc) is 2.90. The summed E-state index contributed by atoms with van der Waals surface area (Å²) >= 11 is 1.71. The molecule has 0 bridgehead atoms. The minimum atomic E-state index is 0.277. The Balaban J connectivity index is 2.27. The zero-order chi connectivity index (χ0) is 12.8. The monoisotopic (exact) mass is 260 g/mol. The Hall–Kier alpha value is -1.19. The number of nitrogens with zero attached hydrogens (tertiary/aromatic N) is 1. The first-order chi connectivity index (χ1) is 8.85. The molecule has 0 fully saturated rings. The van der Waals surface area contributed by atoms with Crippen molar-refractivity contribution < 1.29 is 0 Å². The molecule has 0 aliphatic rings. The lowest BCUT2D eigenvalue weighted by atomic mass is 10.0. The Kier molecular flexibility index (Phi) is 4.90. The van der Waals surface area contributed by atoms with Crippen LogP contribution in [0.3, 0.4) is 0 Å². The number of aryl methyl sites for hydroxylation is 1. The quantitative estimate of drug-likeness (QED) is 0.854. The van der Waals surface area contributed by atoms with Gasteiger partial charge in [-0.05, 0) is 24.1 Å². The summed E-state index contributed by atoms with van der Waals surface area (Å²) in [6, 6.07) is 9.16. The van der Waals surface area contributed by atoms with Crippen molar-refractivity contribution in [2.45, 2.75) is 32.7 Å². The van der Waals surface area contributed by atoms with Gasteiger partial charge in [0.1, 0.15) is 0 Å². The summed E-state index contributed by atoms with van der Waals surface area (Å²) in [5.74, 6) is 0. The number of nitrogens with one attached hydrogen (secondary N) is 1. The van der Waals surface area contributed by atoms with Gasteiger partial charge in [0, 0.05) is 11.1 Å². The second-order valence-corrected chi connectivity index (χ2v) is 5.31. The van der Waals surface area contributed by atoms with Crippen LogP contribution < -0.4 is 5.32 Å². The average molecular weight is 260 g/mol. The third-order valence-corrected chi connectivity index (χ3v) is 3.81. The summed E-state index contributed by atoms with van der Waals surface area (Å²) in [5, 5.41) is 3.54.